The Balaban J connectivity index is 0.000000411. The van der Waals surface area contributed by atoms with Gasteiger partial charge in [-0.2, -0.15) is 0 Å². The number of benzene rings is 2. The van der Waals surface area contributed by atoms with E-state index in [0.717, 1.165) is 25.0 Å². The molecule has 1 aliphatic heterocycles. The first-order valence-electron chi connectivity index (χ1n) is 11.3. The predicted octanol–water partition coefficient (Wildman–Crippen LogP) is 5.31. The van der Waals surface area contributed by atoms with Gasteiger partial charge in [0.2, 0.25) is 0 Å². The molecule has 1 amide bonds. The number of rotatable bonds is 3. The molecule has 8 heteroatoms. The molecule has 182 valence electrons. The molecule has 33 heavy (non-hydrogen) atoms. The van der Waals surface area contributed by atoms with Crippen molar-refractivity contribution in [3.8, 4) is 0 Å². The summed E-state index contributed by atoms with van der Waals surface area (Å²) in [5.74, 6) is -3.63. The maximum Gasteiger partial charge on any atom is 0.256 e. The molecule has 0 spiro atoms. The van der Waals surface area contributed by atoms with Crippen molar-refractivity contribution in [3.63, 3.8) is 0 Å². The molecule has 0 atom stereocenters. The van der Waals surface area contributed by atoms with Crippen LogP contribution in [0.3, 0.4) is 0 Å². The van der Waals surface area contributed by atoms with Gasteiger partial charge in [-0.1, -0.05) is 32.8 Å². The van der Waals surface area contributed by atoms with E-state index in [-0.39, 0.29) is 30.4 Å². The molecule has 2 aromatic carbocycles. The number of nitrogens with zero attached hydrogens (tertiary/aromatic N) is 1. The van der Waals surface area contributed by atoms with Crippen molar-refractivity contribution in [2.75, 3.05) is 18.4 Å². The molecule has 1 heterocycles. The van der Waals surface area contributed by atoms with E-state index in [0.29, 0.717) is 5.56 Å². The second kappa shape index (κ2) is 11.5. The molecule has 4 rings (SSSR count). The fraction of sp³-hybridized carbons (Fsp3) is 0.480. The number of aliphatic hydroxyl groups excluding tert-OH is 1. The van der Waals surface area contributed by atoms with Crippen molar-refractivity contribution in [2.24, 2.45) is 0 Å². The Morgan fingerprint density at radius 2 is 1.67 bits per heavy atom. The van der Waals surface area contributed by atoms with Crippen molar-refractivity contribution in [1.82, 2.24) is 4.90 Å². The lowest BCUT2D eigenvalue weighted by Gasteiger charge is -2.44. The fourth-order valence-corrected chi connectivity index (χ4v) is 3.70. The van der Waals surface area contributed by atoms with Gasteiger partial charge >= 0.3 is 0 Å². The highest BCUT2D eigenvalue weighted by molar-refractivity contribution is 6.01. The summed E-state index contributed by atoms with van der Waals surface area (Å²) in [5.41, 5.74) is -0.958. The van der Waals surface area contributed by atoms with Crippen LogP contribution < -0.4 is 5.32 Å². The summed E-state index contributed by atoms with van der Waals surface area (Å²) >= 11 is 0. The zero-order chi connectivity index (χ0) is 24.8. The number of halogens is 3. The Labute approximate surface area is 193 Å². The van der Waals surface area contributed by atoms with E-state index in [1.165, 1.54) is 29.9 Å². The molecular weight excluding hydrogens is 433 g/mol. The first kappa shape index (κ1) is 26.7. The molecule has 5 nitrogen and oxygen atoms in total. The third-order valence-electron chi connectivity index (χ3n) is 5.38. The van der Waals surface area contributed by atoms with E-state index in [9.17, 15) is 23.1 Å². The first-order chi connectivity index (χ1) is 15.6. The van der Waals surface area contributed by atoms with Crippen LogP contribution in [-0.2, 0) is 0 Å². The lowest BCUT2D eigenvalue weighted by molar-refractivity contribution is -0.0668. The van der Waals surface area contributed by atoms with Gasteiger partial charge in [0.05, 0.1) is 41.7 Å². The molecule has 0 radical (unpaired) electrons. The number of nitrogens with one attached hydrogen (secondary N) is 1. The maximum absolute atomic E-state index is 14.3. The highest BCUT2D eigenvalue weighted by Gasteiger charge is 2.40. The average Bonchev–Trinajstić information content (AvgIpc) is 3.24. The second-order valence-electron chi connectivity index (χ2n) is 8.49. The summed E-state index contributed by atoms with van der Waals surface area (Å²) in [4.78, 5) is 13.8. The maximum atomic E-state index is 14.3. The van der Waals surface area contributed by atoms with Gasteiger partial charge in [-0.15, -0.1) is 0 Å². The lowest BCUT2D eigenvalue weighted by Crippen LogP contribution is -2.61. The number of hydrogen-bond acceptors (Lipinski definition) is 4. The van der Waals surface area contributed by atoms with Crippen molar-refractivity contribution in [1.29, 1.82) is 0 Å². The van der Waals surface area contributed by atoms with Crippen LogP contribution in [0.15, 0.2) is 30.3 Å². The summed E-state index contributed by atoms with van der Waals surface area (Å²) in [5, 5.41) is 21.0. The minimum absolute atomic E-state index is 0.0463. The fourth-order valence-electron chi connectivity index (χ4n) is 3.70. The van der Waals surface area contributed by atoms with Gasteiger partial charge in [-0.25, -0.2) is 13.2 Å². The Hall–Kier alpha value is -2.58. The van der Waals surface area contributed by atoms with E-state index in [2.05, 4.69) is 5.32 Å². The van der Waals surface area contributed by atoms with Gasteiger partial charge in [0.15, 0.2) is 11.6 Å². The molecule has 2 fully saturated rings. The van der Waals surface area contributed by atoms with Crippen LogP contribution in [0, 0.1) is 24.4 Å². The van der Waals surface area contributed by atoms with Crippen molar-refractivity contribution in [3.05, 3.63) is 58.9 Å². The second-order valence-corrected chi connectivity index (χ2v) is 8.49. The number of aryl methyl sites for hydroxylation is 1. The third kappa shape index (κ3) is 6.95. The van der Waals surface area contributed by atoms with E-state index in [4.69, 9.17) is 5.11 Å². The van der Waals surface area contributed by atoms with Crippen LogP contribution in [0.1, 0.15) is 62.4 Å². The van der Waals surface area contributed by atoms with Gasteiger partial charge < -0.3 is 20.4 Å². The number of aliphatic hydroxyl groups is 2. The van der Waals surface area contributed by atoms with Gasteiger partial charge in [0.25, 0.3) is 5.91 Å². The van der Waals surface area contributed by atoms with Crippen molar-refractivity contribution < 1.29 is 28.2 Å². The Bertz CT molecular complexity index is 952. The van der Waals surface area contributed by atoms with Gasteiger partial charge in [0, 0.05) is 0 Å². The minimum Gasteiger partial charge on any atom is -0.393 e. The normalized spacial score (nSPS) is 16.7. The highest BCUT2D eigenvalue weighted by Crippen LogP contribution is 2.31. The largest absolute Gasteiger partial charge is 0.393 e. The summed E-state index contributed by atoms with van der Waals surface area (Å²) in [6.45, 7) is 7.44. The highest BCUT2D eigenvalue weighted by atomic mass is 19.2. The number of carbonyl (C=O) groups excluding carboxylic acids is 1. The standard InChI is InChI=1S/C18H17F3N2O2.C5H10O.C2H6/c1-10-3-6-14(13(20)7-10)22-16-11(4-5-12(19)15(16)21)17(24)23-8-18(2,25)9-23;6-5-3-1-2-4-5;1-2/h3-7,22,25H,8-9H2,1-2H3;5-6H,1-4H2;1-2H3. The monoisotopic (exact) mass is 466 g/mol. The molecule has 2 aromatic rings. The zero-order valence-electron chi connectivity index (χ0n) is 19.6. The van der Waals surface area contributed by atoms with Crippen molar-refractivity contribution in [2.45, 2.75) is 65.1 Å². The van der Waals surface area contributed by atoms with Crippen LogP contribution in [0.25, 0.3) is 0 Å². The first-order valence-corrected chi connectivity index (χ1v) is 11.3. The molecule has 0 bridgehead atoms. The molecule has 1 aliphatic carbocycles. The van der Waals surface area contributed by atoms with Gasteiger partial charge in [-0.3, -0.25) is 4.79 Å². The van der Waals surface area contributed by atoms with E-state index in [1.54, 1.807) is 19.9 Å². The number of anilines is 2. The average molecular weight is 467 g/mol. The molecule has 0 aromatic heterocycles. The molecular formula is C25H33F3N2O3. The van der Waals surface area contributed by atoms with Gasteiger partial charge in [0.1, 0.15) is 5.82 Å². The Morgan fingerprint density at radius 3 is 2.15 bits per heavy atom. The van der Waals surface area contributed by atoms with Crippen LogP contribution in [0.5, 0.6) is 0 Å². The quantitative estimate of drug-likeness (QED) is 0.573. The predicted molar refractivity (Wildman–Crippen MR) is 123 cm³/mol. The van der Waals surface area contributed by atoms with Gasteiger partial charge in [-0.05, 0) is 56.5 Å². The Kier molecular flexibility index (Phi) is 9.31. The van der Waals surface area contributed by atoms with E-state index >= 15 is 0 Å². The third-order valence-corrected chi connectivity index (χ3v) is 5.38. The number of hydrogen-bond donors (Lipinski definition) is 3. The summed E-state index contributed by atoms with van der Waals surface area (Å²) in [6.07, 6.45) is 4.60. The van der Waals surface area contributed by atoms with Crippen molar-refractivity contribution >= 4 is 17.3 Å². The summed E-state index contributed by atoms with van der Waals surface area (Å²) in [7, 11) is 0. The number of carbonyl (C=O) groups is 1. The smallest absolute Gasteiger partial charge is 0.256 e. The molecule has 3 N–H and O–H groups in total. The van der Waals surface area contributed by atoms with E-state index in [1.807, 2.05) is 13.8 Å². The summed E-state index contributed by atoms with van der Waals surface area (Å²) in [6, 6.07) is 6.22. The topological polar surface area (TPSA) is 72.8 Å². The van der Waals surface area contributed by atoms with Crippen LogP contribution in [0.2, 0.25) is 0 Å². The lowest BCUT2D eigenvalue weighted by atomic mass is 9.95. The zero-order valence-corrected chi connectivity index (χ0v) is 19.6. The minimum atomic E-state index is -1.27. The van der Waals surface area contributed by atoms with Crippen LogP contribution >= 0.6 is 0 Å². The van der Waals surface area contributed by atoms with E-state index < -0.39 is 34.6 Å². The SMILES string of the molecule is CC.Cc1ccc(Nc2c(C(=O)N3CC(C)(O)C3)ccc(F)c2F)c(F)c1.OC1CCCC1. The number of amides is 1. The van der Waals surface area contributed by atoms with Crippen LogP contribution in [-0.4, -0.2) is 45.8 Å². The molecule has 0 unspecified atom stereocenters. The summed E-state index contributed by atoms with van der Waals surface area (Å²) < 4.78 is 41.9. The molecule has 2 aliphatic rings. The number of β-amino-alcohol motifs (C(OH)–C–C–N with tert-alkyl or cyclic N) is 1. The Morgan fingerprint density at radius 1 is 1.06 bits per heavy atom. The molecule has 1 saturated carbocycles. The van der Waals surface area contributed by atoms with Crippen LogP contribution in [0.4, 0.5) is 24.5 Å². The number of likely N-dealkylation sites (tertiary alicyclic amines) is 1. The molecule has 1 saturated heterocycles.